The van der Waals surface area contributed by atoms with E-state index in [4.69, 9.17) is 20.6 Å². The van der Waals surface area contributed by atoms with Crippen LogP contribution in [0.2, 0.25) is 5.02 Å². The number of rotatable bonds is 2. The number of hydrogen-bond acceptors (Lipinski definition) is 5. The van der Waals surface area contributed by atoms with Gasteiger partial charge < -0.3 is 14.2 Å². The van der Waals surface area contributed by atoms with Crippen LogP contribution in [0.25, 0.3) is 5.31 Å². The summed E-state index contributed by atoms with van der Waals surface area (Å²) in [6, 6.07) is 13.2. The topological polar surface area (TPSA) is 55.8 Å². The van der Waals surface area contributed by atoms with Crippen LogP contribution in [0.1, 0.15) is 43.1 Å². The molecule has 1 N–H and O–H groups in total. The first-order valence-electron chi connectivity index (χ1n) is 9.52. The van der Waals surface area contributed by atoms with Crippen LogP contribution in [0, 0.1) is 12.3 Å². The Hall–Kier alpha value is -1.07. The zero-order valence-corrected chi connectivity index (χ0v) is 19.1. The van der Waals surface area contributed by atoms with Crippen molar-refractivity contribution in [3.05, 3.63) is 69.1 Å². The van der Waals surface area contributed by atoms with E-state index in [1.807, 2.05) is 51.1 Å². The Bertz CT molecular complexity index is 1000. The lowest BCUT2D eigenvalue weighted by molar-refractivity contribution is 0.0467. The Kier molecular flexibility index (Phi) is 5.75. The maximum absolute atomic E-state index is 13.8. The highest BCUT2D eigenvalue weighted by molar-refractivity contribution is 8.03. The minimum atomic E-state index is -3.55. The maximum atomic E-state index is 13.8. The van der Waals surface area contributed by atoms with Gasteiger partial charge in [-0.1, -0.05) is 67.0 Å². The second-order valence-electron chi connectivity index (χ2n) is 8.35. The molecule has 2 aromatic carbocycles. The Morgan fingerprint density at radius 3 is 2.48 bits per heavy atom. The van der Waals surface area contributed by atoms with Crippen LogP contribution >= 0.6 is 31.0 Å². The molecule has 0 spiro atoms. The van der Waals surface area contributed by atoms with E-state index >= 15 is 0 Å². The number of halogens is 1. The van der Waals surface area contributed by atoms with Crippen molar-refractivity contribution in [2.75, 3.05) is 13.2 Å². The van der Waals surface area contributed by atoms with E-state index in [9.17, 15) is 9.67 Å². The molecule has 2 aromatic rings. The van der Waals surface area contributed by atoms with Gasteiger partial charge in [0.05, 0.1) is 24.6 Å². The first-order valence-corrected chi connectivity index (χ1v) is 12.3. The van der Waals surface area contributed by atoms with Gasteiger partial charge in [0.15, 0.2) is 0 Å². The van der Waals surface area contributed by atoms with Crippen LogP contribution in [0.4, 0.5) is 0 Å². The van der Waals surface area contributed by atoms with Gasteiger partial charge in [-0.25, -0.2) is 0 Å². The number of benzene rings is 2. The third-order valence-corrected chi connectivity index (χ3v) is 8.67. The molecule has 1 fully saturated rings. The summed E-state index contributed by atoms with van der Waals surface area (Å²) >= 11 is 7.60. The zero-order chi connectivity index (χ0) is 20.8. The third-order valence-electron chi connectivity index (χ3n) is 5.04. The lowest BCUT2D eigenvalue weighted by Crippen LogP contribution is -2.29. The lowest BCUT2D eigenvalue weighted by atomic mass is 9.97. The highest BCUT2D eigenvalue weighted by atomic mass is 35.5. The highest BCUT2D eigenvalue weighted by Crippen LogP contribution is 2.67. The van der Waals surface area contributed by atoms with E-state index in [-0.39, 0.29) is 5.41 Å². The van der Waals surface area contributed by atoms with Crippen molar-refractivity contribution in [3.8, 4) is 0 Å². The monoisotopic (exact) mass is 450 g/mol. The SMILES string of the molecule is Cc1ccc2c(c1)C(O)C/C(=C(/c1ccc(Cl)cc1)P1(=O)OCC(C)(C)CO1)S2. The number of hydrogen-bond donors (Lipinski definition) is 1. The standard InChI is InChI=1S/C22H24ClO4PS/c1-14-4-9-19-17(10-14)18(24)11-20(29-19)21(15-5-7-16(23)8-6-15)28(25)26-12-22(2,3)13-27-28/h4-10,18,24H,11-13H2,1-3H3/b21-20+. The molecule has 0 radical (unpaired) electrons. The predicted molar refractivity (Wildman–Crippen MR) is 118 cm³/mol. The van der Waals surface area contributed by atoms with Crippen molar-refractivity contribution in [3.63, 3.8) is 0 Å². The Labute approximate surface area is 180 Å². The molecule has 2 aliphatic heterocycles. The first kappa shape index (κ1) is 21.2. The quantitative estimate of drug-likeness (QED) is 0.509. The number of aryl methyl sites for hydroxylation is 1. The number of aliphatic hydroxyl groups excluding tert-OH is 1. The van der Waals surface area contributed by atoms with Gasteiger partial charge in [-0.05, 0) is 36.2 Å². The van der Waals surface area contributed by atoms with Gasteiger partial charge in [-0.3, -0.25) is 4.57 Å². The fourth-order valence-electron chi connectivity index (χ4n) is 3.43. The minimum Gasteiger partial charge on any atom is -0.388 e. The summed E-state index contributed by atoms with van der Waals surface area (Å²) in [5.41, 5.74) is 2.54. The first-order chi connectivity index (χ1) is 13.7. The fraction of sp³-hybridized carbons (Fsp3) is 0.364. The lowest BCUT2D eigenvalue weighted by Gasteiger charge is -2.36. The van der Waals surface area contributed by atoms with E-state index in [1.165, 1.54) is 11.8 Å². The van der Waals surface area contributed by atoms with Gasteiger partial charge in [-0.2, -0.15) is 0 Å². The molecule has 0 bridgehead atoms. The summed E-state index contributed by atoms with van der Waals surface area (Å²) in [5.74, 6) is 0. The highest BCUT2D eigenvalue weighted by Gasteiger charge is 2.42. The van der Waals surface area contributed by atoms with E-state index < -0.39 is 13.7 Å². The molecule has 0 amide bonds. The van der Waals surface area contributed by atoms with Gasteiger partial charge in [0.25, 0.3) is 0 Å². The Morgan fingerprint density at radius 1 is 1.17 bits per heavy atom. The smallest absolute Gasteiger partial charge is 0.362 e. The van der Waals surface area contributed by atoms with Crippen molar-refractivity contribution in [2.24, 2.45) is 5.41 Å². The molecule has 0 aromatic heterocycles. The minimum absolute atomic E-state index is 0.201. The summed E-state index contributed by atoms with van der Waals surface area (Å²) < 4.78 is 25.6. The fourth-order valence-corrected chi connectivity index (χ4v) is 7.44. The van der Waals surface area contributed by atoms with Gasteiger partial charge in [0, 0.05) is 26.7 Å². The van der Waals surface area contributed by atoms with Crippen LogP contribution < -0.4 is 0 Å². The van der Waals surface area contributed by atoms with Crippen molar-refractivity contribution < 1.29 is 18.7 Å². The molecule has 1 unspecified atom stereocenters. The number of fused-ring (bicyclic) bond motifs is 1. The molecule has 29 heavy (non-hydrogen) atoms. The van der Waals surface area contributed by atoms with Gasteiger partial charge in [0.2, 0.25) is 0 Å². The third kappa shape index (κ3) is 4.36. The normalized spacial score (nSPS) is 24.7. The van der Waals surface area contributed by atoms with Crippen LogP contribution in [-0.2, 0) is 13.6 Å². The van der Waals surface area contributed by atoms with E-state index in [0.29, 0.717) is 30.0 Å². The molecule has 2 heterocycles. The van der Waals surface area contributed by atoms with Crippen LogP contribution in [-0.4, -0.2) is 18.3 Å². The van der Waals surface area contributed by atoms with Gasteiger partial charge >= 0.3 is 7.60 Å². The molecule has 4 nitrogen and oxygen atoms in total. The van der Waals surface area contributed by atoms with Gasteiger partial charge in [-0.15, -0.1) is 0 Å². The summed E-state index contributed by atoms with van der Waals surface area (Å²) in [7, 11) is -3.55. The molecule has 4 rings (SSSR count). The van der Waals surface area contributed by atoms with Crippen molar-refractivity contribution in [2.45, 2.75) is 38.2 Å². The van der Waals surface area contributed by atoms with Crippen molar-refractivity contribution >= 4 is 36.3 Å². The van der Waals surface area contributed by atoms with E-state index in [2.05, 4.69) is 0 Å². The average Bonchev–Trinajstić information content (AvgIpc) is 2.67. The zero-order valence-electron chi connectivity index (χ0n) is 16.6. The van der Waals surface area contributed by atoms with Crippen LogP contribution in [0.5, 0.6) is 0 Å². The van der Waals surface area contributed by atoms with Crippen molar-refractivity contribution in [1.82, 2.24) is 0 Å². The van der Waals surface area contributed by atoms with E-state index in [0.717, 1.165) is 26.5 Å². The second kappa shape index (κ2) is 7.88. The molecule has 154 valence electrons. The molecule has 0 saturated carbocycles. The Balaban J connectivity index is 1.83. The van der Waals surface area contributed by atoms with Crippen LogP contribution in [0.15, 0.2) is 52.3 Å². The molecular formula is C22H24ClO4PS. The summed E-state index contributed by atoms with van der Waals surface area (Å²) in [6.07, 6.45) is -0.310. The van der Waals surface area contributed by atoms with E-state index in [1.54, 1.807) is 12.1 Å². The molecule has 7 heteroatoms. The predicted octanol–water partition coefficient (Wildman–Crippen LogP) is 6.81. The number of aliphatic hydroxyl groups is 1. The van der Waals surface area contributed by atoms with Crippen LogP contribution in [0.3, 0.4) is 0 Å². The molecule has 1 atom stereocenters. The maximum Gasteiger partial charge on any atom is 0.362 e. The van der Waals surface area contributed by atoms with Gasteiger partial charge in [0.1, 0.15) is 0 Å². The molecule has 0 aliphatic carbocycles. The largest absolute Gasteiger partial charge is 0.388 e. The van der Waals surface area contributed by atoms with Crippen molar-refractivity contribution in [1.29, 1.82) is 0 Å². The summed E-state index contributed by atoms with van der Waals surface area (Å²) in [4.78, 5) is 1.76. The molecule has 1 saturated heterocycles. The molecular weight excluding hydrogens is 427 g/mol. The average molecular weight is 451 g/mol. The summed E-state index contributed by atoms with van der Waals surface area (Å²) in [5, 5.41) is 11.9. The second-order valence-corrected chi connectivity index (χ2v) is 11.9. The Morgan fingerprint density at radius 2 is 1.83 bits per heavy atom. The number of thioether (sulfide) groups is 1. The summed E-state index contributed by atoms with van der Waals surface area (Å²) in [6.45, 7) is 6.73. The molecule has 2 aliphatic rings.